The molecule has 2 N–H and O–H groups in total. The molecule has 2 aliphatic heterocycles. The van der Waals surface area contributed by atoms with Gasteiger partial charge in [0.2, 0.25) is 0 Å². The minimum absolute atomic E-state index is 0.352. The lowest BCUT2D eigenvalue weighted by atomic mass is 9.85. The maximum atomic E-state index is 8.75. The maximum Gasteiger partial charge on any atom is 0.0431 e. The fourth-order valence-electron chi connectivity index (χ4n) is 3.65. The predicted octanol–water partition coefficient (Wildman–Crippen LogP) is 1.47. The zero-order valence-corrected chi connectivity index (χ0v) is 11.4. The second kappa shape index (κ2) is 5.68. The van der Waals surface area contributed by atoms with E-state index in [1.807, 2.05) is 0 Å². The Hall–Kier alpha value is -0.120. The van der Waals surface area contributed by atoms with Crippen molar-refractivity contribution >= 4 is 0 Å². The van der Waals surface area contributed by atoms with Crippen LogP contribution in [0.4, 0.5) is 0 Å². The van der Waals surface area contributed by atoms with Gasteiger partial charge >= 0.3 is 0 Å². The van der Waals surface area contributed by atoms with Gasteiger partial charge in [0.05, 0.1) is 0 Å². The Morgan fingerprint density at radius 1 is 1.18 bits per heavy atom. The Bertz CT molecular complexity index is 242. The van der Waals surface area contributed by atoms with Crippen LogP contribution < -0.4 is 5.32 Å². The van der Waals surface area contributed by atoms with E-state index in [9.17, 15) is 0 Å². The Morgan fingerprint density at radius 2 is 1.94 bits per heavy atom. The summed E-state index contributed by atoms with van der Waals surface area (Å²) in [7, 11) is 0. The summed E-state index contributed by atoms with van der Waals surface area (Å²) in [6, 6.07) is 0. The summed E-state index contributed by atoms with van der Waals surface area (Å²) in [5.74, 6) is 1.72. The molecule has 0 spiro atoms. The van der Waals surface area contributed by atoms with Crippen LogP contribution >= 0.6 is 0 Å². The van der Waals surface area contributed by atoms with E-state index in [0.29, 0.717) is 12.1 Å². The van der Waals surface area contributed by atoms with Gasteiger partial charge in [-0.25, -0.2) is 0 Å². The fourth-order valence-corrected chi connectivity index (χ4v) is 3.65. The minimum Gasteiger partial charge on any atom is -0.396 e. The quantitative estimate of drug-likeness (QED) is 0.690. The number of rotatable bonds is 6. The van der Waals surface area contributed by atoms with Crippen LogP contribution in [0.5, 0.6) is 0 Å². The molecule has 0 saturated carbocycles. The van der Waals surface area contributed by atoms with E-state index in [1.165, 1.54) is 45.4 Å². The lowest BCUT2D eigenvalue weighted by Crippen LogP contribution is -2.44. The van der Waals surface area contributed by atoms with Crippen molar-refractivity contribution in [1.29, 1.82) is 0 Å². The van der Waals surface area contributed by atoms with Crippen molar-refractivity contribution in [3.05, 3.63) is 0 Å². The van der Waals surface area contributed by atoms with Crippen molar-refractivity contribution in [2.45, 2.75) is 45.1 Å². The zero-order chi connectivity index (χ0) is 12.3. The number of aliphatic hydroxyl groups excluding tert-OH is 1. The Kier molecular flexibility index (Phi) is 4.45. The van der Waals surface area contributed by atoms with E-state index in [0.717, 1.165) is 18.3 Å². The van der Waals surface area contributed by atoms with Crippen LogP contribution in [0, 0.1) is 11.8 Å². The topological polar surface area (TPSA) is 35.5 Å². The zero-order valence-electron chi connectivity index (χ0n) is 11.4. The van der Waals surface area contributed by atoms with Crippen LogP contribution in [0.1, 0.15) is 39.5 Å². The third kappa shape index (κ3) is 2.83. The van der Waals surface area contributed by atoms with Gasteiger partial charge in [0.15, 0.2) is 0 Å². The average molecular weight is 240 g/mol. The van der Waals surface area contributed by atoms with Crippen LogP contribution in [-0.4, -0.2) is 48.3 Å². The molecule has 2 fully saturated rings. The normalized spacial score (nSPS) is 31.9. The number of nitrogens with zero attached hydrogens (tertiary/aromatic N) is 1. The van der Waals surface area contributed by atoms with Gasteiger partial charge in [0.1, 0.15) is 0 Å². The first-order valence-electron chi connectivity index (χ1n) is 7.23. The number of unbranched alkanes of at least 4 members (excludes halogenated alkanes) is 3. The number of fused-ring (bicyclic) bond motifs is 1. The summed E-state index contributed by atoms with van der Waals surface area (Å²) in [6.07, 6.45) is 4.70. The number of likely N-dealkylation sites (tertiary alicyclic amines) is 1. The van der Waals surface area contributed by atoms with Crippen molar-refractivity contribution in [1.82, 2.24) is 10.2 Å². The first-order valence-corrected chi connectivity index (χ1v) is 7.23. The van der Waals surface area contributed by atoms with Crippen molar-refractivity contribution in [2.75, 3.05) is 32.8 Å². The Labute approximate surface area is 106 Å². The second-order valence-corrected chi connectivity index (χ2v) is 6.26. The first kappa shape index (κ1) is 13.3. The molecule has 2 rings (SSSR count). The van der Waals surface area contributed by atoms with Gasteiger partial charge < -0.3 is 10.4 Å². The SMILES string of the molecule is CC1(C)C2CNCC2CN1CCCCCCO. The molecule has 2 unspecified atom stereocenters. The van der Waals surface area contributed by atoms with Crippen molar-refractivity contribution < 1.29 is 5.11 Å². The van der Waals surface area contributed by atoms with E-state index in [4.69, 9.17) is 5.11 Å². The molecule has 0 aromatic carbocycles. The molecule has 0 aromatic heterocycles. The smallest absolute Gasteiger partial charge is 0.0431 e. The van der Waals surface area contributed by atoms with Crippen LogP contribution in [0.15, 0.2) is 0 Å². The monoisotopic (exact) mass is 240 g/mol. The van der Waals surface area contributed by atoms with Gasteiger partial charge in [0.25, 0.3) is 0 Å². The molecule has 0 radical (unpaired) electrons. The molecule has 17 heavy (non-hydrogen) atoms. The second-order valence-electron chi connectivity index (χ2n) is 6.26. The van der Waals surface area contributed by atoms with E-state index < -0.39 is 0 Å². The molecule has 3 nitrogen and oxygen atoms in total. The fraction of sp³-hybridized carbons (Fsp3) is 1.00. The van der Waals surface area contributed by atoms with Gasteiger partial charge in [-0.2, -0.15) is 0 Å². The minimum atomic E-state index is 0.352. The van der Waals surface area contributed by atoms with Crippen LogP contribution in [0.2, 0.25) is 0 Å². The summed E-state index contributed by atoms with van der Waals surface area (Å²) in [5.41, 5.74) is 0.380. The number of hydrogen-bond acceptors (Lipinski definition) is 3. The lowest BCUT2D eigenvalue weighted by Gasteiger charge is -2.35. The highest BCUT2D eigenvalue weighted by atomic mass is 16.2. The summed E-state index contributed by atoms with van der Waals surface area (Å²) in [5, 5.41) is 12.3. The van der Waals surface area contributed by atoms with Gasteiger partial charge in [-0.1, -0.05) is 12.8 Å². The standard InChI is InChI=1S/C14H28N2O/c1-14(2)13-10-15-9-12(13)11-16(14)7-5-3-4-6-8-17/h12-13,15,17H,3-11H2,1-2H3. The number of nitrogens with one attached hydrogen (secondary N) is 1. The molecular formula is C14H28N2O. The highest BCUT2D eigenvalue weighted by Gasteiger charge is 2.48. The molecule has 3 heteroatoms. The van der Waals surface area contributed by atoms with Gasteiger partial charge in [-0.05, 0) is 51.6 Å². The van der Waals surface area contributed by atoms with Crippen LogP contribution in [0.25, 0.3) is 0 Å². The summed E-state index contributed by atoms with van der Waals surface area (Å²) >= 11 is 0. The number of aliphatic hydroxyl groups is 1. The maximum absolute atomic E-state index is 8.75. The number of hydrogen-bond donors (Lipinski definition) is 2. The molecule has 2 aliphatic rings. The highest BCUT2D eigenvalue weighted by Crippen LogP contribution is 2.40. The first-order chi connectivity index (χ1) is 8.16. The van der Waals surface area contributed by atoms with E-state index in [-0.39, 0.29) is 0 Å². The molecule has 2 heterocycles. The third-order valence-corrected chi connectivity index (χ3v) is 4.85. The van der Waals surface area contributed by atoms with E-state index in [2.05, 4.69) is 24.1 Å². The molecule has 0 amide bonds. The van der Waals surface area contributed by atoms with Crippen molar-refractivity contribution in [3.8, 4) is 0 Å². The molecule has 0 aliphatic carbocycles. The molecule has 100 valence electrons. The Balaban J connectivity index is 1.74. The summed E-state index contributed by atoms with van der Waals surface area (Å²) < 4.78 is 0. The van der Waals surface area contributed by atoms with Gasteiger partial charge in [0, 0.05) is 25.2 Å². The van der Waals surface area contributed by atoms with Gasteiger partial charge in [-0.3, -0.25) is 4.90 Å². The third-order valence-electron chi connectivity index (χ3n) is 4.85. The van der Waals surface area contributed by atoms with Crippen LogP contribution in [-0.2, 0) is 0 Å². The predicted molar refractivity (Wildman–Crippen MR) is 71.1 cm³/mol. The van der Waals surface area contributed by atoms with E-state index >= 15 is 0 Å². The van der Waals surface area contributed by atoms with Crippen molar-refractivity contribution in [3.63, 3.8) is 0 Å². The van der Waals surface area contributed by atoms with Crippen molar-refractivity contribution in [2.24, 2.45) is 11.8 Å². The molecular weight excluding hydrogens is 212 g/mol. The molecule has 2 saturated heterocycles. The largest absolute Gasteiger partial charge is 0.396 e. The molecule has 0 bridgehead atoms. The van der Waals surface area contributed by atoms with Crippen LogP contribution in [0.3, 0.4) is 0 Å². The molecule has 0 aromatic rings. The Morgan fingerprint density at radius 3 is 2.65 bits per heavy atom. The lowest BCUT2D eigenvalue weighted by molar-refractivity contribution is 0.137. The summed E-state index contributed by atoms with van der Waals surface area (Å²) in [6.45, 7) is 10.1. The highest BCUT2D eigenvalue weighted by molar-refractivity contribution is 5.04. The van der Waals surface area contributed by atoms with E-state index in [1.54, 1.807) is 0 Å². The summed E-state index contributed by atoms with van der Waals surface area (Å²) in [4.78, 5) is 2.70. The average Bonchev–Trinajstić information content (AvgIpc) is 2.83. The van der Waals surface area contributed by atoms with Gasteiger partial charge in [-0.15, -0.1) is 0 Å². The molecule has 2 atom stereocenters.